The Hall–Kier alpha value is -2.20. The van der Waals surface area contributed by atoms with Crippen LogP contribution in [0.3, 0.4) is 0 Å². The molecule has 0 bridgehead atoms. The zero-order chi connectivity index (χ0) is 17.0. The molecule has 1 fully saturated rings. The molecule has 0 heterocycles. The van der Waals surface area contributed by atoms with Crippen LogP contribution in [0.2, 0.25) is 0 Å². The Morgan fingerprint density at radius 2 is 1.79 bits per heavy atom. The Labute approximate surface area is 141 Å². The van der Waals surface area contributed by atoms with Crippen molar-refractivity contribution in [3.05, 3.63) is 71.5 Å². The molecule has 2 aromatic rings. The van der Waals surface area contributed by atoms with Gasteiger partial charge in [-0.25, -0.2) is 4.39 Å². The van der Waals surface area contributed by atoms with Gasteiger partial charge in [0.15, 0.2) is 0 Å². The zero-order valence-electron chi connectivity index (χ0n) is 13.5. The Morgan fingerprint density at radius 3 is 2.38 bits per heavy atom. The van der Waals surface area contributed by atoms with E-state index in [-0.39, 0.29) is 11.7 Å². The molecular weight excluding hydrogens is 305 g/mol. The van der Waals surface area contributed by atoms with Crippen LogP contribution in [0.15, 0.2) is 54.6 Å². The average Bonchev–Trinajstić information content (AvgIpc) is 2.56. The summed E-state index contributed by atoms with van der Waals surface area (Å²) < 4.78 is 13.1. The van der Waals surface area contributed by atoms with Crippen LogP contribution in [-0.2, 0) is 10.2 Å². The van der Waals surface area contributed by atoms with E-state index in [1.807, 2.05) is 30.3 Å². The molecule has 1 atom stereocenters. The largest absolute Gasteiger partial charge is 0.388 e. The molecule has 2 aromatic carbocycles. The number of halogens is 1. The molecule has 0 aromatic heterocycles. The van der Waals surface area contributed by atoms with Crippen molar-refractivity contribution in [3.8, 4) is 0 Å². The zero-order valence-corrected chi connectivity index (χ0v) is 13.5. The number of benzene rings is 2. The van der Waals surface area contributed by atoms with Gasteiger partial charge in [-0.05, 0) is 42.5 Å². The molecule has 1 unspecified atom stereocenters. The number of aliphatic hydroxyl groups excluding tert-OH is 1. The summed E-state index contributed by atoms with van der Waals surface area (Å²) in [6, 6.07) is 15.6. The van der Waals surface area contributed by atoms with Crippen LogP contribution in [0, 0.1) is 5.82 Å². The summed E-state index contributed by atoms with van der Waals surface area (Å²) >= 11 is 0. The van der Waals surface area contributed by atoms with E-state index >= 15 is 0 Å². The highest BCUT2D eigenvalue weighted by atomic mass is 19.1. The molecule has 3 rings (SSSR count). The summed E-state index contributed by atoms with van der Waals surface area (Å²) in [6.45, 7) is 0.415. The van der Waals surface area contributed by atoms with Gasteiger partial charge in [0, 0.05) is 6.54 Å². The normalized spacial score (nSPS) is 16.9. The molecule has 1 aliphatic rings. The summed E-state index contributed by atoms with van der Waals surface area (Å²) in [7, 11) is 0. The Balaban J connectivity index is 1.58. The SMILES string of the molecule is O=C(NCCC(O)c1ccccc1)C1(c2ccc(F)cc2)CCC1. The molecule has 0 saturated heterocycles. The van der Waals surface area contributed by atoms with Gasteiger partial charge in [-0.15, -0.1) is 0 Å². The first kappa shape index (κ1) is 16.7. The first-order valence-corrected chi connectivity index (χ1v) is 8.39. The maximum absolute atomic E-state index is 13.1. The minimum absolute atomic E-state index is 0.0272. The first-order valence-electron chi connectivity index (χ1n) is 8.39. The van der Waals surface area contributed by atoms with E-state index in [0.29, 0.717) is 13.0 Å². The number of carbonyl (C=O) groups is 1. The monoisotopic (exact) mass is 327 g/mol. The number of nitrogens with one attached hydrogen (secondary N) is 1. The number of rotatable bonds is 6. The summed E-state index contributed by atoms with van der Waals surface area (Å²) in [5.74, 6) is -0.319. The van der Waals surface area contributed by atoms with Crippen LogP contribution in [0.5, 0.6) is 0 Å². The molecule has 2 N–H and O–H groups in total. The van der Waals surface area contributed by atoms with Crippen molar-refractivity contribution in [2.45, 2.75) is 37.2 Å². The second kappa shape index (κ2) is 7.14. The smallest absolute Gasteiger partial charge is 0.230 e. The van der Waals surface area contributed by atoms with E-state index in [0.717, 1.165) is 30.4 Å². The fourth-order valence-electron chi connectivity index (χ4n) is 3.28. The van der Waals surface area contributed by atoms with Crippen molar-refractivity contribution in [2.24, 2.45) is 0 Å². The Morgan fingerprint density at radius 1 is 1.12 bits per heavy atom. The lowest BCUT2D eigenvalue weighted by atomic mass is 9.64. The van der Waals surface area contributed by atoms with Gasteiger partial charge in [-0.1, -0.05) is 48.9 Å². The van der Waals surface area contributed by atoms with Crippen LogP contribution in [0.4, 0.5) is 4.39 Å². The highest BCUT2D eigenvalue weighted by molar-refractivity contribution is 5.89. The maximum Gasteiger partial charge on any atom is 0.230 e. The molecule has 0 radical (unpaired) electrons. The fourth-order valence-corrected chi connectivity index (χ4v) is 3.28. The quantitative estimate of drug-likeness (QED) is 0.853. The van der Waals surface area contributed by atoms with Crippen molar-refractivity contribution in [1.82, 2.24) is 5.32 Å². The molecule has 24 heavy (non-hydrogen) atoms. The van der Waals surface area contributed by atoms with E-state index in [1.165, 1.54) is 12.1 Å². The van der Waals surface area contributed by atoms with Gasteiger partial charge in [-0.2, -0.15) is 0 Å². The van der Waals surface area contributed by atoms with Gasteiger partial charge in [0.25, 0.3) is 0 Å². The summed E-state index contributed by atoms with van der Waals surface area (Å²) in [5.41, 5.74) is 1.19. The topological polar surface area (TPSA) is 49.3 Å². The minimum Gasteiger partial charge on any atom is -0.388 e. The third-order valence-electron chi connectivity index (χ3n) is 4.93. The highest BCUT2D eigenvalue weighted by Crippen LogP contribution is 2.44. The van der Waals surface area contributed by atoms with Crippen molar-refractivity contribution in [1.29, 1.82) is 0 Å². The third-order valence-corrected chi connectivity index (χ3v) is 4.93. The lowest BCUT2D eigenvalue weighted by Gasteiger charge is -2.40. The number of carbonyl (C=O) groups excluding carboxylic acids is 1. The van der Waals surface area contributed by atoms with Crippen LogP contribution in [0.25, 0.3) is 0 Å². The van der Waals surface area contributed by atoms with Crippen LogP contribution in [-0.4, -0.2) is 17.6 Å². The lowest BCUT2D eigenvalue weighted by molar-refractivity contribution is -0.130. The minimum atomic E-state index is -0.588. The fraction of sp³-hybridized carbons (Fsp3) is 0.350. The molecule has 0 spiro atoms. The molecule has 0 aliphatic heterocycles. The summed E-state index contributed by atoms with van der Waals surface area (Å²) in [4.78, 5) is 12.7. The Bertz CT molecular complexity index is 681. The molecule has 3 nitrogen and oxygen atoms in total. The van der Waals surface area contributed by atoms with Gasteiger partial charge < -0.3 is 10.4 Å². The number of hydrogen-bond acceptors (Lipinski definition) is 2. The van der Waals surface area contributed by atoms with E-state index in [9.17, 15) is 14.3 Å². The number of hydrogen-bond donors (Lipinski definition) is 2. The van der Waals surface area contributed by atoms with Crippen molar-refractivity contribution >= 4 is 5.91 Å². The van der Waals surface area contributed by atoms with Gasteiger partial charge in [0.1, 0.15) is 5.82 Å². The third kappa shape index (κ3) is 3.34. The predicted molar refractivity (Wildman–Crippen MR) is 91.0 cm³/mol. The van der Waals surface area contributed by atoms with Gasteiger partial charge in [-0.3, -0.25) is 4.79 Å². The van der Waals surface area contributed by atoms with E-state index < -0.39 is 11.5 Å². The molecule has 1 amide bonds. The molecule has 1 saturated carbocycles. The van der Waals surface area contributed by atoms with Crippen LogP contribution < -0.4 is 5.32 Å². The summed E-state index contributed by atoms with van der Waals surface area (Å²) in [5, 5.41) is 13.1. The molecule has 126 valence electrons. The average molecular weight is 327 g/mol. The van der Waals surface area contributed by atoms with E-state index in [1.54, 1.807) is 12.1 Å². The molecule has 4 heteroatoms. The van der Waals surface area contributed by atoms with Crippen LogP contribution >= 0.6 is 0 Å². The highest BCUT2D eigenvalue weighted by Gasteiger charge is 2.45. The molecule has 1 aliphatic carbocycles. The van der Waals surface area contributed by atoms with Crippen molar-refractivity contribution in [2.75, 3.05) is 6.54 Å². The Kier molecular flexibility index (Phi) is 4.95. The summed E-state index contributed by atoms with van der Waals surface area (Å²) in [6.07, 6.45) is 2.44. The predicted octanol–water partition coefficient (Wildman–Crippen LogP) is 3.49. The number of aliphatic hydroxyl groups is 1. The standard InChI is InChI=1S/C20H22FNO2/c21-17-9-7-16(8-10-17)20(12-4-13-20)19(24)22-14-11-18(23)15-5-2-1-3-6-15/h1-3,5-10,18,23H,4,11-14H2,(H,22,24). The second-order valence-electron chi connectivity index (χ2n) is 6.41. The van der Waals surface area contributed by atoms with Crippen LogP contribution in [0.1, 0.15) is 42.9 Å². The van der Waals surface area contributed by atoms with Crippen molar-refractivity contribution < 1.29 is 14.3 Å². The van der Waals surface area contributed by atoms with Crippen molar-refractivity contribution in [3.63, 3.8) is 0 Å². The van der Waals surface area contributed by atoms with E-state index in [4.69, 9.17) is 0 Å². The second-order valence-corrected chi connectivity index (χ2v) is 6.41. The molecular formula is C20H22FNO2. The first-order chi connectivity index (χ1) is 11.6. The van der Waals surface area contributed by atoms with E-state index in [2.05, 4.69) is 5.32 Å². The van der Waals surface area contributed by atoms with Gasteiger partial charge in [0.05, 0.1) is 11.5 Å². The maximum atomic E-state index is 13.1. The van der Waals surface area contributed by atoms with Gasteiger partial charge >= 0.3 is 0 Å². The van der Waals surface area contributed by atoms with Gasteiger partial charge in [0.2, 0.25) is 5.91 Å². The number of amides is 1. The lowest BCUT2D eigenvalue weighted by Crippen LogP contribution is -2.49.